The van der Waals surface area contributed by atoms with E-state index in [1.165, 1.54) is 0 Å². The SMILES string of the molecule is CC(C)Cc1cc(C(=O)N(C)c2cccnc2)n[nH]1. The largest absolute Gasteiger partial charge is 0.309 e. The molecule has 0 saturated carbocycles. The van der Waals surface area contributed by atoms with Crippen molar-refractivity contribution < 1.29 is 4.79 Å². The number of carbonyl (C=O) groups is 1. The van der Waals surface area contributed by atoms with Crippen LogP contribution in [-0.2, 0) is 6.42 Å². The van der Waals surface area contributed by atoms with Gasteiger partial charge in [0.1, 0.15) is 0 Å². The van der Waals surface area contributed by atoms with Crippen LogP contribution in [0.1, 0.15) is 30.0 Å². The van der Waals surface area contributed by atoms with Crippen molar-refractivity contribution in [3.8, 4) is 0 Å². The first-order valence-corrected chi connectivity index (χ1v) is 6.30. The van der Waals surface area contributed by atoms with Crippen LogP contribution in [0.2, 0.25) is 0 Å². The van der Waals surface area contributed by atoms with Crippen molar-refractivity contribution in [3.05, 3.63) is 42.0 Å². The molecule has 2 aromatic heterocycles. The number of carbonyl (C=O) groups excluding carboxylic acids is 1. The van der Waals surface area contributed by atoms with E-state index < -0.39 is 0 Å². The highest BCUT2D eigenvalue weighted by atomic mass is 16.2. The predicted octanol–water partition coefficient (Wildman–Crippen LogP) is 2.28. The van der Waals surface area contributed by atoms with Gasteiger partial charge in [-0.25, -0.2) is 0 Å². The minimum atomic E-state index is -0.140. The van der Waals surface area contributed by atoms with Crippen molar-refractivity contribution in [2.45, 2.75) is 20.3 Å². The van der Waals surface area contributed by atoms with Crippen LogP contribution >= 0.6 is 0 Å². The maximum atomic E-state index is 12.3. The summed E-state index contributed by atoms with van der Waals surface area (Å²) in [4.78, 5) is 17.8. The van der Waals surface area contributed by atoms with Gasteiger partial charge in [0.15, 0.2) is 5.69 Å². The highest BCUT2D eigenvalue weighted by Gasteiger charge is 2.17. The molecule has 0 saturated heterocycles. The lowest BCUT2D eigenvalue weighted by molar-refractivity contribution is 0.0988. The quantitative estimate of drug-likeness (QED) is 0.915. The van der Waals surface area contributed by atoms with Gasteiger partial charge in [0.05, 0.1) is 11.9 Å². The first kappa shape index (κ1) is 13.3. The molecule has 0 aliphatic heterocycles. The molecule has 2 rings (SSSR count). The number of aromatic nitrogens is 3. The van der Waals surface area contributed by atoms with Gasteiger partial charge in [-0.1, -0.05) is 13.8 Å². The minimum Gasteiger partial charge on any atom is -0.309 e. The van der Waals surface area contributed by atoms with Gasteiger partial charge < -0.3 is 4.90 Å². The fourth-order valence-electron chi connectivity index (χ4n) is 1.86. The number of hydrogen-bond donors (Lipinski definition) is 1. The lowest BCUT2D eigenvalue weighted by Gasteiger charge is -2.14. The fourth-order valence-corrected chi connectivity index (χ4v) is 1.86. The number of H-pyrrole nitrogens is 1. The van der Waals surface area contributed by atoms with Gasteiger partial charge in [0, 0.05) is 18.9 Å². The summed E-state index contributed by atoms with van der Waals surface area (Å²) < 4.78 is 0. The van der Waals surface area contributed by atoms with Crippen LogP contribution in [-0.4, -0.2) is 28.1 Å². The average Bonchev–Trinajstić information content (AvgIpc) is 2.85. The summed E-state index contributed by atoms with van der Waals surface area (Å²) in [6.45, 7) is 4.26. The number of pyridine rings is 1. The third-order valence-electron chi connectivity index (χ3n) is 2.82. The summed E-state index contributed by atoms with van der Waals surface area (Å²) in [5.41, 5.74) is 2.17. The predicted molar refractivity (Wildman–Crippen MR) is 74.1 cm³/mol. The standard InChI is InChI=1S/C14H18N4O/c1-10(2)7-11-8-13(17-16-11)14(19)18(3)12-5-4-6-15-9-12/h4-6,8-10H,7H2,1-3H3,(H,16,17). The van der Waals surface area contributed by atoms with Gasteiger partial charge >= 0.3 is 0 Å². The summed E-state index contributed by atoms with van der Waals surface area (Å²) >= 11 is 0. The molecule has 2 heterocycles. The molecule has 19 heavy (non-hydrogen) atoms. The van der Waals surface area contributed by atoms with E-state index in [2.05, 4.69) is 29.0 Å². The Morgan fingerprint density at radius 3 is 2.89 bits per heavy atom. The Balaban J connectivity index is 2.13. The Morgan fingerprint density at radius 1 is 1.47 bits per heavy atom. The fraction of sp³-hybridized carbons (Fsp3) is 0.357. The first-order chi connectivity index (χ1) is 9.08. The van der Waals surface area contributed by atoms with E-state index in [1.54, 1.807) is 30.4 Å². The zero-order valence-electron chi connectivity index (χ0n) is 11.4. The number of hydrogen-bond acceptors (Lipinski definition) is 3. The molecule has 0 fully saturated rings. The number of aromatic amines is 1. The maximum Gasteiger partial charge on any atom is 0.278 e. The van der Waals surface area contributed by atoms with Gasteiger partial charge in [-0.3, -0.25) is 14.9 Å². The Hall–Kier alpha value is -2.17. The summed E-state index contributed by atoms with van der Waals surface area (Å²) in [6, 6.07) is 5.45. The Morgan fingerprint density at radius 2 is 2.26 bits per heavy atom. The van der Waals surface area contributed by atoms with Crippen molar-refractivity contribution >= 4 is 11.6 Å². The van der Waals surface area contributed by atoms with E-state index in [9.17, 15) is 4.79 Å². The Labute approximate surface area is 112 Å². The second-order valence-electron chi connectivity index (χ2n) is 4.95. The molecule has 0 bridgehead atoms. The van der Waals surface area contributed by atoms with Crippen molar-refractivity contribution in [2.75, 3.05) is 11.9 Å². The summed E-state index contributed by atoms with van der Waals surface area (Å²) in [5.74, 6) is 0.388. The van der Waals surface area contributed by atoms with Gasteiger partial charge in [-0.05, 0) is 30.5 Å². The molecule has 0 atom stereocenters. The molecular weight excluding hydrogens is 240 g/mol. The van der Waals surface area contributed by atoms with E-state index in [-0.39, 0.29) is 5.91 Å². The molecule has 0 aliphatic carbocycles. The van der Waals surface area contributed by atoms with Crippen LogP contribution in [0.4, 0.5) is 5.69 Å². The van der Waals surface area contributed by atoms with Crippen LogP contribution in [0.5, 0.6) is 0 Å². The van der Waals surface area contributed by atoms with Crippen LogP contribution in [0.15, 0.2) is 30.6 Å². The van der Waals surface area contributed by atoms with E-state index in [4.69, 9.17) is 0 Å². The van der Waals surface area contributed by atoms with Gasteiger partial charge in [0.25, 0.3) is 5.91 Å². The van der Waals surface area contributed by atoms with E-state index >= 15 is 0 Å². The zero-order chi connectivity index (χ0) is 13.8. The molecule has 1 amide bonds. The molecule has 0 radical (unpaired) electrons. The zero-order valence-corrected chi connectivity index (χ0v) is 11.4. The minimum absolute atomic E-state index is 0.140. The second kappa shape index (κ2) is 5.65. The molecule has 5 nitrogen and oxygen atoms in total. The highest BCUT2D eigenvalue weighted by molar-refractivity contribution is 6.04. The average molecular weight is 258 g/mol. The van der Waals surface area contributed by atoms with E-state index in [0.29, 0.717) is 11.6 Å². The van der Waals surface area contributed by atoms with Gasteiger partial charge in [-0.15, -0.1) is 0 Å². The third-order valence-corrected chi connectivity index (χ3v) is 2.82. The molecule has 2 aromatic rings. The normalized spacial score (nSPS) is 10.7. The number of nitrogens with zero attached hydrogens (tertiary/aromatic N) is 3. The van der Waals surface area contributed by atoms with Crippen LogP contribution in [0.3, 0.4) is 0 Å². The Bertz CT molecular complexity index is 548. The number of amides is 1. The second-order valence-corrected chi connectivity index (χ2v) is 4.95. The van der Waals surface area contributed by atoms with Gasteiger partial charge in [0.2, 0.25) is 0 Å². The Kier molecular flexibility index (Phi) is 3.94. The summed E-state index contributed by atoms with van der Waals surface area (Å²) in [5, 5.41) is 6.99. The van der Waals surface area contributed by atoms with Crippen molar-refractivity contribution in [1.29, 1.82) is 0 Å². The van der Waals surface area contributed by atoms with Crippen molar-refractivity contribution in [1.82, 2.24) is 15.2 Å². The van der Waals surface area contributed by atoms with E-state index in [1.807, 2.05) is 12.1 Å². The molecule has 0 aliphatic rings. The van der Waals surface area contributed by atoms with Crippen LogP contribution in [0, 0.1) is 5.92 Å². The molecule has 0 unspecified atom stereocenters. The molecule has 0 aromatic carbocycles. The number of rotatable bonds is 4. The van der Waals surface area contributed by atoms with E-state index in [0.717, 1.165) is 17.8 Å². The third kappa shape index (κ3) is 3.19. The molecular formula is C14H18N4O. The lowest BCUT2D eigenvalue weighted by Crippen LogP contribution is -2.26. The van der Waals surface area contributed by atoms with Crippen LogP contribution in [0.25, 0.3) is 0 Å². The van der Waals surface area contributed by atoms with Crippen LogP contribution < -0.4 is 4.90 Å². The monoisotopic (exact) mass is 258 g/mol. The smallest absolute Gasteiger partial charge is 0.278 e. The maximum absolute atomic E-state index is 12.3. The summed E-state index contributed by atoms with van der Waals surface area (Å²) in [7, 11) is 1.72. The first-order valence-electron chi connectivity index (χ1n) is 6.30. The molecule has 0 spiro atoms. The van der Waals surface area contributed by atoms with Crippen molar-refractivity contribution in [3.63, 3.8) is 0 Å². The van der Waals surface area contributed by atoms with Gasteiger partial charge in [-0.2, -0.15) is 5.10 Å². The molecule has 100 valence electrons. The lowest BCUT2D eigenvalue weighted by atomic mass is 10.1. The summed E-state index contributed by atoms with van der Waals surface area (Å²) in [6.07, 6.45) is 4.22. The highest BCUT2D eigenvalue weighted by Crippen LogP contribution is 2.14. The van der Waals surface area contributed by atoms with Crippen molar-refractivity contribution in [2.24, 2.45) is 5.92 Å². The molecule has 5 heteroatoms. The molecule has 1 N–H and O–H groups in total. The number of nitrogens with one attached hydrogen (secondary N) is 1. The topological polar surface area (TPSA) is 61.9 Å². The number of anilines is 1.